The maximum absolute atomic E-state index is 12.1. The smallest absolute Gasteiger partial charge is 0.263 e. The summed E-state index contributed by atoms with van der Waals surface area (Å²) in [6.45, 7) is 0. The third kappa shape index (κ3) is 3.26. The number of aromatic nitrogens is 1. The summed E-state index contributed by atoms with van der Waals surface area (Å²) in [6, 6.07) is 7.60. The molecular formula is C11H8Br2N2O3S. The minimum Gasteiger partial charge on any atom is -0.328 e. The quantitative estimate of drug-likeness (QED) is 0.820. The molecule has 0 bridgehead atoms. The van der Waals surface area contributed by atoms with Crippen molar-refractivity contribution < 1.29 is 8.42 Å². The lowest BCUT2D eigenvalue weighted by molar-refractivity contribution is 0.600. The number of aromatic amines is 1. The molecule has 19 heavy (non-hydrogen) atoms. The zero-order valence-electron chi connectivity index (χ0n) is 9.35. The number of anilines is 1. The molecule has 1 heterocycles. The summed E-state index contributed by atoms with van der Waals surface area (Å²) >= 11 is 6.54. The minimum atomic E-state index is -3.76. The minimum absolute atomic E-state index is 0.0187. The van der Waals surface area contributed by atoms with Crippen LogP contribution in [0, 0.1) is 0 Å². The molecule has 8 heteroatoms. The predicted molar refractivity (Wildman–Crippen MR) is 79.7 cm³/mol. The Morgan fingerprint density at radius 1 is 1.05 bits per heavy atom. The van der Waals surface area contributed by atoms with Crippen molar-refractivity contribution in [3.63, 3.8) is 0 Å². The van der Waals surface area contributed by atoms with E-state index in [0.717, 1.165) is 12.3 Å². The molecule has 0 saturated heterocycles. The lowest BCUT2D eigenvalue weighted by atomic mass is 10.3. The van der Waals surface area contributed by atoms with Crippen LogP contribution in [0.5, 0.6) is 0 Å². The zero-order chi connectivity index (χ0) is 14.0. The summed E-state index contributed by atoms with van der Waals surface area (Å²) in [4.78, 5) is 13.2. The highest BCUT2D eigenvalue weighted by molar-refractivity contribution is 9.11. The van der Waals surface area contributed by atoms with E-state index < -0.39 is 10.0 Å². The Morgan fingerprint density at radius 3 is 2.21 bits per heavy atom. The van der Waals surface area contributed by atoms with Gasteiger partial charge in [-0.15, -0.1) is 0 Å². The SMILES string of the molecule is O=c1ccc(S(=O)(=O)Nc2c(Br)cccc2Br)c[nH]1. The van der Waals surface area contributed by atoms with E-state index in [1.165, 1.54) is 6.07 Å². The number of hydrogen-bond donors (Lipinski definition) is 2. The van der Waals surface area contributed by atoms with E-state index in [1.807, 2.05) is 0 Å². The molecule has 0 aliphatic rings. The summed E-state index contributed by atoms with van der Waals surface area (Å²) in [5, 5.41) is 0. The van der Waals surface area contributed by atoms with Crippen LogP contribution >= 0.6 is 31.9 Å². The predicted octanol–water partition coefficient (Wildman–Crippen LogP) is 2.70. The summed E-state index contributed by atoms with van der Waals surface area (Å²) in [6.07, 6.45) is 1.15. The number of hydrogen-bond acceptors (Lipinski definition) is 3. The number of halogens is 2. The molecule has 0 spiro atoms. The number of para-hydroxylation sites is 1. The third-order valence-corrected chi connectivity index (χ3v) is 4.93. The first kappa shape index (κ1) is 14.3. The van der Waals surface area contributed by atoms with Gasteiger partial charge in [0.05, 0.1) is 5.69 Å². The Bertz CT molecular complexity index is 731. The first-order chi connectivity index (χ1) is 8.90. The van der Waals surface area contributed by atoms with Crippen LogP contribution in [-0.2, 0) is 10.0 Å². The second-order valence-electron chi connectivity index (χ2n) is 3.59. The van der Waals surface area contributed by atoms with Crippen LogP contribution < -0.4 is 10.3 Å². The second kappa shape index (κ2) is 5.48. The molecule has 2 aromatic rings. The zero-order valence-corrected chi connectivity index (χ0v) is 13.3. The van der Waals surface area contributed by atoms with Gasteiger partial charge in [-0.05, 0) is 50.1 Å². The Labute approximate surface area is 126 Å². The van der Waals surface area contributed by atoms with E-state index in [1.54, 1.807) is 18.2 Å². The molecule has 1 aromatic heterocycles. The molecule has 0 aliphatic heterocycles. The lowest BCUT2D eigenvalue weighted by Crippen LogP contribution is -2.15. The Balaban J connectivity index is 2.42. The van der Waals surface area contributed by atoms with Crippen molar-refractivity contribution in [1.82, 2.24) is 4.98 Å². The monoisotopic (exact) mass is 406 g/mol. The van der Waals surface area contributed by atoms with Gasteiger partial charge in [-0.25, -0.2) is 8.42 Å². The number of sulfonamides is 1. The Hall–Kier alpha value is -1.12. The molecule has 0 fully saturated rings. The van der Waals surface area contributed by atoms with Gasteiger partial charge in [0.2, 0.25) is 5.56 Å². The van der Waals surface area contributed by atoms with Crippen molar-refractivity contribution in [2.24, 2.45) is 0 Å². The van der Waals surface area contributed by atoms with Gasteiger partial charge in [-0.1, -0.05) is 6.07 Å². The van der Waals surface area contributed by atoms with Crippen molar-refractivity contribution in [1.29, 1.82) is 0 Å². The van der Waals surface area contributed by atoms with Crippen LogP contribution in [0.2, 0.25) is 0 Å². The van der Waals surface area contributed by atoms with Crippen LogP contribution in [0.15, 0.2) is 55.2 Å². The molecule has 0 atom stereocenters. The van der Waals surface area contributed by atoms with Gasteiger partial charge in [0.25, 0.3) is 10.0 Å². The van der Waals surface area contributed by atoms with Crippen LogP contribution in [0.3, 0.4) is 0 Å². The molecule has 5 nitrogen and oxygen atoms in total. The standard InChI is InChI=1S/C11H8Br2N2O3S/c12-8-2-1-3-9(13)11(8)15-19(17,18)7-4-5-10(16)14-6-7/h1-6,15H,(H,14,16). The largest absolute Gasteiger partial charge is 0.328 e. The topological polar surface area (TPSA) is 79.0 Å². The molecule has 2 N–H and O–H groups in total. The number of nitrogens with one attached hydrogen (secondary N) is 2. The average molecular weight is 408 g/mol. The summed E-state index contributed by atoms with van der Waals surface area (Å²) < 4.78 is 27.9. The highest BCUT2D eigenvalue weighted by Crippen LogP contribution is 2.32. The molecule has 100 valence electrons. The summed E-state index contributed by atoms with van der Waals surface area (Å²) in [5.74, 6) is 0. The van der Waals surface area contributed by atoms with Crippen LogP contribution in [0.4, 0.5) is 5.69 Å². The molecule has 0 amide bonds. The van der Waals surface area contributed by atoms with Gasteiger partial charge in [-0.3, -0.25) is 9.52 Å². The van der Waals surface area contributed by atoms with Crippen molar-refractivity contribution in [2.45, 2.75) is 4.90 Å². The highest BCUT2D eigenvalue weighted by Gasteiger charge is 2.17. The van der Waals surface area contributed by atoms with Crippen molar-refractivity contribution >= 4 is 47.6 Å². The first-order valence-electron chi connectivity index (χ1n) is 5.06. The maximum Gasteiger partial charge on any atom is 0.263 e. The van der Waals surface area contributed by atoms with E-state index in [9.17, 15) is 13.2 Å². The van der Waals surface area contributed by atoms with E-state index in [2.05, 4.69) is 41.6 Å². The molecule has 0 saturated carbocycles. The lowest BCUT2D eigenvalue weighted by Gasteiger charge is -2.11. The number of pyridine rings is 1. The van der Waals surface area contributed by atoms with Crippen LogP contribution in [0.1, 0.15) is 0 Å². The van der Waals surface area contributed by atoms with E-state index in [-0.39, 0.29) is 10.5 Å². The number of H-pyrrole nitrogens is 1. The molecule has 0 radical (unpaired) electrons. The maximum atomic E-state index is 12.1. The average Bonchev–Trinajstić information content (AvgIpc) is 2.35. The van der Waals surface area contributed by atoms with E-state index in [4.69, 9.17) is 0 Å². The molecule has 2 rings (SSSR count). The fourth-order valence-corrected chi connectivity index (χ4v) is 3.88. The highest BCUT2D eigenvalue weighted by atomic mass is 79.9. The molecule has 1 aromatic carbocycles. The van der Waals surface area contributed by atoms with Crippen LogP contribution in [-0.4, -0.2) is 13.4 Å². The van der Waals surface area contributed by atoms with Gasteiger partial charge in [0, 0.05) is 21.2 Å². The van der Waals surface area contributed by atoms with Crippen molar-refractivity contribution in [3.05, 3.63) is 55.8 Å². The normalized spacial score (nSPS) is 11.3. The van der Waals surface area contributed by atoms with Gasteiger partial charge in [-0.2, -0.15) is 0 Å². The van der Waals surface area contributed by atoms with Crippen LogP contribution in [0.25, 0.3) is 0 Å². The van der Waals surface area contributed by atoms with Gasteiger partial charge < -0.3 is 4.98 Å². The van der Waals surface area contributed by atoms with Crippen molar-refractivity contribution in [3.8, 4) is 0 Å². The van der Waals surface area contributed by atoms with Gasteiger partial charge >= 0.3 is 0 Å². The Morgan fingerprint density at radius 2 is 1.68 bits per heavy atom. The molecule has 0 aliphatic carbocycles. The molecular weight excluding hydrogens is 400 g/mol. The van der Waals surface area contributed by atoms with Gasteiger partial charge in [0.1, 0.15) is 4.90 Å². The third-order valence-electron chi connectivity index (χ3n) is 2.27. The second-order valence-corrected chi connectivity index (χ2v) is 6.98. The molecule has 0 unspecified atom stereocenters. The first-order valence-corrected chi connectivity index (χ1v) is 8.12. The number of benzene rings is 1. The fraction of sp³-hybridized carbons (Fsp3) is 0. The fourth-order valence-electron chi connectivity index (χ4n) is 1.35. The Kier molecular flexibility index (Phi) is 4.12. The van der Waals surface area contributed by atoms with E-state index >= 15 is 0 Å². The summed E-state index contributed by atoms with van der Waals surface area (Å²) in [7, 11) is -3.76. The van der Waals surface area contributed by atoms with E-state index in [0.29, 0.717) is 14.6 Å². The van der Waals surface area contributed by atoms with Gasteiger partial charge in [0.15, 0.2) is 0 Å². The summed E-state index contributed by atoms with van der Waals surface area (Å²) in [5.41, 5.74) is 0.0368. The number of rotatable bonds is 3. The van der Waals surface area contributed by atoms with Crippen molar-refractivity contribution in [2.75, 3.05) is 4.72 Å².